The lowest BCUT2D eigenvalue weighted by Gasteiger charge is -2.23. The summed E-state index contributed by atoms with van der Waals surface area (Å²) in [6.07, 6.45) is 7.45. The Bertz CT molecular complexity index is 1520. The number of benzene rings is 2. The molecule has 1 aliphatic heterocycles. The van der Waals surface area contributed by atoms with E-state index in [0.717, 1.165) is 36.8 Å². The van der Waals surface area contributed by atoms with Crippen molar-refractivity contribution in [3.63, 3.8) is 0 Å². The molecule has 1 atom stereocenters. The van der Waals surface area contributed by atoms with E-state index in [0.29, 0.717) is 16.6 Å². The Morgan fingerprint density at radius 3 is 2.69 bits per heavy atom. The summed E-state index contributed by atoms with van der Waals surface area (Å²) >= 11 is 0. The topological polar surface area (TPSA) is 99.2 Å². The third kappa shape index (κ3) is 3.51. The zero-order valence-corrected chi connectivity index (χ0v) is 19.3. The number of fused-ring (bicyclic) bond motifs is 2. The van der Waals surface area contributed by atoms with Gasteiger partial charge in [0.25, 0.3) is 5.78 Å². The number of aromatic nitrogens is 3. The summed E-state index contributed by atoms with van der Waals surface area (Å²) < 4.78 is 0. The van der Waals surface area contributed by atoms with Crippen LogP contribution in [-0.4, -0.2) is 31.7 Å². The maximum atomic E-state index is 13.4. The van der Waals surface area contributed by atoms with Crippen LogP contribution in [-0.2, 0) is 22.4 Å². The molecule has 0 spiro atoms. The lowest BCUT2D eigenvalue weighted by Crippen LogP contribution is -2.30. The quantitative estimate of drug-likeness (QED) is 0.258. The van der Waals surface area contributed by atoms with E-state index in [9.17, 15) is 14.7 Å². The average molecular weight is 465 g/mol. The standard InChI is InChI=1S/C28H24N4O3/c1-16-8-11-21-22(13-16)31-28(30-21)32-24(20-7-4-12-29-15-20)23(26(34)27(32)35)25(33)19-10-9-17-5-2-3-6-18(17)14-19/h4,7-15,24,33H,2-3,5-6H2,1H3,(H,30,31)/b25-23+. The maximum absolute atomic E-state index is 13.4. The normalized spacial score (nSPS) is 19.3. The van der Waals surface area contributed by atoms with Crippen molar-refractivity contribution < 1.29 is 14.7 Å². The fraction of sp³-hybridized carbons (Fsp3) is 0.214. The van der Waals surface area contributed by atoms with Crippen molar-refractivity contribution >= 4 is 34.4 Å². The molecule has 2 aromatic heterocycles. The fourth-order valence-electron chi connectivity index (χ4n) is 5.16. The number of ketones is 1. The predicted octanol–water partition coefficient (Wildman–Crippen LogP) is 4.77. The zero-order chi connectivity index (χ0) is 24.1. The van der Waals surface area contributed by atoms with Gasteiger partial charge in [0.05, 0.1) is 22.6 Å². The molecule has 0 saturated carbocycles. The third-order valence-electron chi connectivity index (χ3n) is 6.92. The highest BCUT2D eigenvalue weighted by Gasteiger charge is 2.48. The van der Waals surface area contributed by atoms with Crippen LogP contribution in [0.25, 0.3) is 16.8 Å². The first-order valence-corrected chi connectivity index (χ1v) is 11.8. The number of pyridine rings is 1. The highest BCUT2D eigenvalue weighted by molar-refractivity contribution is 6.51. The van der Waals surface area contributed by atoms with E-state index in [1.165, 1.54) is 16.0 Å². The molecule has 3 heterocycles. The number of amides is 1. The number of nitrogens with zero attached hydrogens (tertiary/aromatic N) is 3. The predicted molar refractivity (Wildman–Crippen MR) is 133 cm³/mol. The molecule has 1 amide bonds. The molecular formula is C28H24N4O3. The Kier molecular flexibility index (Phi) is 4.99. The second-order valence-corrected chi connectivity index (χ2v) is 9.23. The number of H-pyrrole nitrogens is 1. The zero-order valence-electron chi connectivity index (χ0n) is 19.3. The molecule has 2 aliphatic rings. The van der Waals surface area contributed by atoms with Crippen molar-refractivity contribution in [2.24, 2.45) is 0 Å². The number of carbonyl (C=O) groups excluding carboxylic acids is 2. The number of aliphatic hydroxyl groups excluding tert-OH is 1. The number of carbonyl (C=O) groups is 2. The Hall–Kier alpha value is -4.26. The number of aryl methyl sites for hydroxylation is 3. The monoisotopic (exact) mass is 464 g/mol. The van der Waals surface area contributed by atoms with Crippen molar-refractivity contribution in [1.82, 2.24) is 15.0 Å². The molecule has 1 aliphatic carbocycles. The first-order valence-electron chi connectivity index (χ1n) is 11.8. The minimum Gasteiger partial charge on any atom is -0.507 e. The van der Waals surface area contributed by atoms with Gasteiger partial charge in [-0.05, 0) is 79.1 Å². The highest BCUT2D eigenvalue weighted by atomic mass is 16.3. The molecule has 2 aromatic carbocycles. The van der Waals surface area contributed by atoms with Crippen LogP contribution in [0.1, 0.15) is 46.7 Å². The van der Waals surface area contributed by atoms with E-state index in [1.54, 1.807) is 24.5 Å². The molecule has 2 N–H and O–H groups in total. The number of nitrogens with one attached hydrogen (secondary N) is 1. The van der Waals surface area contributed by atoms with Crippen LogP contribution in [0.5, 0.6) is 0 Å². The van der Waals surface area contributed by atoms with Crippen molar-refractivity contribution in [3.05, 3.63) is 94.3 Å². The number of hydrogen-bond donors (Lipinski definition) is 2. The van der Waals surface area contributed by atoms with Crippen molar-refractivity contribution in [1.29, 1.82) is 0 Å². The van der Waals surface area contributed by atoms with E-state index in [-0.39, 0.29) is 17.3 Å². The number of hydrogen-bond acceptors (Lipinski definition) is 5. The number of aromatic amines is 1. The van der Waals surface area contributed by atoms with Gasteiger partial charge >= 0.3 is 5.91 Å². The summed E-state index contributed by atoms with van der Waals surface area (Å²) in [7, 11) is 0. The molecule has 6 rings (SSSR count). The molecule has 35 heavy (non-hydrogen) atoms. The lowest BCUT2D eigenvalue weighted by atomic mass is 9.89. The second kappa shape index (κ2) is 8.20. The molecule has 174 valence electrons. The minimum absolute atomic E-state index is 0.0374. The van der Waals surface area contributed by atoms with Crippen molar-refractivity contribution in [3.8, 4) is 0 Å². The van der Waals surface area contributed by atoms with E-state index in [2.05, 4.69) is 15.0 Å². The molecule has 1 fully saturated rings. The van der Waals surface area contributed by atoms with Gasteiger partial charge in [-0.15, -0.1) is 0 Å². The Morgan fingerprint density at radius 2 is 1.89 bits per heavy atom. The molecule has 1 unspecified atom stereocenters. The third-order valence-corrected chi connectivity index (χ3v) is 6.92. The van der Waals surface area contributed by atoms with Crippen molar-refractivity contribution in [2.75, 3.05) is 4.90 Å². The maximum Gasteiger partial charge on any atom is 0.302 e. The number of anilines is 1. The number of rotatable bonds is 3. The van der Waals surface area contributed by atoms with Crippen LogP contribution in [0.2, 0.25) is 0 Å². The fourth-order valence-corrected chi connectivity index (χ4v) is 5.16. The van der Waals surface area contributed by atoms with Gasteiger partial charge in [-0.2, -0.15) is 0 Å². The second-order valence-electron chi connectivity index (χ2n) is 9.23. The summed E-state index contributed by atoms with van der Waals surface area (Å²) in [6, 6.07) is 14.2. The van der Waals surface area contributed by atoms with Crippen LogP contribution in [0.3, 0.4) is 0 Å². The molecule has 0 radical (unpaired) electrons. The largest absolute Gasteiger partial charge is 0.507 e. The summed E-state index contributed by atoms with van der Waals surface area (Å²) in [5.41, 5.74) is 6.14. The molecule has 0 bridgehead atoms. The molecular weight excluding hydrogens is 440 g/mol. The van der Waals surface area contributed by atoms with E-state index in [4.69, 9.17) is 0 Å². The Morgan fingerprint density at radius 1 is 1.06 bits per heavy atom. The van der Waals surface area contributed by atoms with Crippen LogP contribution >= 0.6 is 0 Å². The van der Waals surface area contributed by atoms with Gasteiger partial charge < -0.3 is 10.1 Å². The van der Waals surface area contributed by atoms with Gasteiger partial charge in [0.1, 0.15) is 5.76 Å². The van der Waals surface area contributed by atoms with Gasteiger partial charge in [0.15, 0.2) is 0 Å². The van der Waals surface area contributed by atoms with Gasteiger partial charge in [-0.3, -0.25) is 19.5 Å². The SMILES string of the molecule is Cc1ccc2nc(N3C(=O)C(=O)/C(=C(/O)c4ccc5c(c4)CCCC5)C3c3cccnc3)[nH]c2c1. The molecule has 7 heteroatoms. The van der Waals surface area contributed by atoms with Gasteiger partial charge in [-0.1, -0.05) is 24.3 Å². The smallest absolute Gasteiger partial charge is 0.302 e. The Balaban J connectivity index is 1.53. The molecule has 1 saturated heterocycles. The first-order chi connectivity index (χ1) is 17.0. The lowest BCUT2D eigenvalue weighted by molar-refractivity contribution is -0.132. The summed E-state index contributed by atoms with van der Waals surface area (Å²) in [5, 5.41) is 11.4. The van der Waals surface area contributed by atoms with E-state index in [1.807, 2.05) is 43.3 Å². The number of Topliss-reactive ketones (excluding diaryl/α,β-unsaturated/α-hetero) is 1. The van der Waals surface area contributed by atoms with Gasteiger partial charge in [0, 0.05) is 18.0 Å². The average Bonchev–Trinajstić information content (AvgIpc) is 3.41. The summed E-state index contributed by atoms with van der Waals surface area (Å²) in [5.74, 6) is -1.41. The molecule has 7 nitrogen and oxygen atoms in total. The van der Waals surface area contributed by atoms with Crippen molar-refractivity contribution in [2.45, 2.75) is 38.6 Å². The van der Waals surface area contributed by atoms with Crippen LogP contribution < -0.4 is 4.90 Å². The van der Waals surface area contributed by atoms with E-state index < -0.39 is 17.7 Å². The number of aliphatic hydroxyl groups is 1. The van der Waals surface area contributed by atoms with Gasteiger partial charge in [0.2, 0.25) is 5.95 Å². The molecule has 4 aromatic rings. The van der Waals surface area contributed by atoms with Crippen LogP contribution in [0.4, 0.5) is 5.95 Å². The highest BCUT2D eigenvalue weighted by Crippen LogP contribution is 2.41. The minimum atomic E-state index is -0.860. The van der Waals surface area contributed by atoms with Crippen LogP contribution in [0, 0.1) is 6.92 Å². The Labute approximate surface area is 202 Å². The van der Waals surface area contributed by atoms with Gasteiger partial charge in [-0.25, -0.2) is 4.98 Å². The summed E-state index contributed by atoms with van der Waals surface area (Å²) in [4.78, 5) is 40.1. The summed E-state index contributed by atoms with van der Waals surface area (Å²) in [6.45, 7) is 1.97. The van der Waals surface area contributed by atoms with E-state index >= 15 is 0 Å². The first kappa shape index (κ1) is 21.3. The number of imidazole rings is 1. The van der Waals surface area contributed by atoms with Crippen LogP contribution in [0.15, 0.2) is 66.5 Å².